The first-order chi connectivity index (χ1) is 12.3. The van der Waals surface area contributed by atoms with Gasteiger partial charge in [0, 0.05) is 5.56 Å². The second-order valence-electron chi connectivity index (χ2n) is 5.50. The van der Waals surface area contributed by atoms with Gasteiger partial charge in [-0.1, -0.05) is 53.3 Å². The highest BCUT2D eigenvalue weighted by atomic mass is 35.5. The van der Waals surface area contributed by atoms with Gasteiger partial charge in [0.2, 0.25) is 4.96 Å². The van der Waals surface area contributed by atoms with Gasteiger partial charge in [0.15, 0.2) is 23.4 Å². The Kier molecular flexibility index (Phi) is 3.36. The van der Waals surface area contributed by atoms with E-state index < -0.39 is 0 Å². The van der Waals surface area contributed by atoms with Crippen LogP contribution in [0, 0.1) is 0 Å². The van der Waals surface area contributed by atoms with E-state index in [-0.39, 0.29) is 6.10 Å². The maximum atomic E-state index is 6.27. The van der Waals surface area contributed by atoms with Crippen molar-refractivity contribution in [1.82, 2.24) is 19.8 Å². The van der Waals surface area contributed by atoms with Gasteiger partial charge < -0.3 is 9.47 Å². The molecule has 6 nitrogen and oxygen atoms in total. The third-order valence-electron chi connectivity index (χ3n) is 3.92. The Hall–Kier alpha value is -2.64. The van der Waals surface area contributed by atoms with Gasteiger partial charge in [0.05, 0.1) is 5.02 Å². The minimum atomic E-state index is -0.369. The number of nitrogens with zero attached hydrogens (tertiary/aromatic N) is 4. The lowest BCUT2D eigenvalue weighted by atomic mass is 10.2. The van der Waals surface area contributed by atoms with Crippen LogP contribution in [0.3, 0.4) is 0 Å². The lowest BCUT2D eigenvalue weighted by Crippen LogP contribution is -2.23. The van der Waals surface area contributed by atoms with Crippen molar-refractivity contribution in [2.75, 3.05) is 6.61 Å². The normalized spacial score (nSPS) is 16.3. The van der Waals surface area contributed by atoms with Crippen LogP contribution in [0.2, 0.25) is 5.02 Å². The minimum Gasteiger partial charge on any atom is -0.485 e. The van der Waals surface area contributed by atoms with E-state index in [9.17, 15) is 0 Å². The van der Waals surface area contributed by atoms with E-state index in [0.717, 1.165) is 16.3 Å². The summed E-state index contributed by atoms with van der Waals surface area (Å²) in [4.78, 5) is 0.687. The molecule has 4 aromatic rings. The highest BCUT2D eigenvalue weighted by molar-refractivity contribution is 7.19. The summed E-state index contributed by atoms with van der Waals surface area (Å²) in [6.07, 6.45) is -0.369. The molecule has 2 aromatic carbocycles. The molecule has 0 fully saturated rings. The molecule has 0 radical (unpaired) electrons. The minimum absolute atomic E-state index is 0.358. The van der Waals surface area contributed by atoms with Gasteiger partial charge in [-0.3, -0.25) is 0 Å². The summed E-state index contributed by atoms with van der Waals surface area (Å²) in [6, 6.07) is 15.2. The molecule has 0 saturated carbocycles. The Bertz CT molecular complexity index is 1080. The van der Waals surface area contributed by atoms with E-state index >= 15 is 0 Å². The van der Waals surface area contributed by atoms with Gasteiger partial charge in [0.1, 0.15) is 11.6 Å². The largest absolute Gasteiger partial charge is 0.485 e. The van der Waals surface area contributed by atoms with E-state index in [1.165, 1.54) is 11.3 Å². The molecule has 1 aliphatic rings. The fourth-order valence-electron chi connectivity index (χ4n) is 2.72. The Balaban J connectivity index is 1.54. The molecule has 0 bridgehead atoms. The molecule has 2 aromatic heterocycles. The van der Waals surface area contributed by atoms with Gasteiger partial charge in [-0.05, 0) is 18.2 Å². The van der Waals surface area contributed by atoms with Crippen LogP contribution in [-0.4, -0.2) is 26.4 Å². The first-order valence-corrected chi connectivity index (χ1v) is 8.84. The van der Waals surface area contributed by atoms with E-state index in [4.69, 9.17) is 21.1 Å². The van der Waals surface area contributed by atoms with Crippen molar-refractivity contribution in [3.05, 3.63) is 59.4 Å². The van der Waals surface area contributed by atoms with Gasteiger partial charge in [-0.25, -0.2) is 0 Å². The summed E-state index contributed by atoms with van der Waals surface area (Å²) >= 11 is 7.71. The van der Waals surface area contributed by atoms with Gasteiger partial charge in [-0.15, -0.1) is 10.2 Å². The van der Waals surface area contributed by atoms with E-state index in [1.54, 1.807) is 4.52 Å². The molecule has 8 heteroatoms. The average Bonchev–Trinajstić information content (AvgIpc) is 3.22. The molecule has 0 unspecified atom stereocenters. The van der Waals surface area contributed by atoms with Crippen LogP contribution in [0.4, 0.5) is 0 Å². The summed E-state index contributed by atoms with van der Waals surface area (Å²) in [5, 5.41) is 14.5. The number of rotatable bonds is 2. The van der Waals surface area contributed by atoms with Crippen molar-refractivity contribution in [3.8, 4) is 22.1 Å². The Morgan fingerprint density at radius 2 is 1.84 bits per heavy atom. The molecule has 0 saturated heterocycles. The molecule has 25 heavy (non-hydrogen) atoms. The van der Waals surface area contributed by atoms with Crippen LogP contribution in [-0.2, 0) is 0 Å². The van der Waals surface area contributed by atoms with Crippen LogP contribution in [0.1, 0.15) is 11.9 Å². The summed E-state index contributed by atoms with van der Waals surface area (Å²) in [6.45, 7) is 0.358. The van der Waals surface area contributed by atoms with Crippen LogP contribution < -0.4 is 9.47 Å². The SMILES string of the molecule is Clc1ccccc1-c1nn2c([C@@H]3COc4ccccc4O3)nnc2s1. The van der Waals surface area contributed by atoms with Crippen molar-refractivity contribution in [1.29, 1.82) is 0 Å². The maximum absolute atomic E-state index is 6.27. The van der Waals surface area contributed by atoms with Gasteiger partial charge in [0.25, 0.3) is 0 Å². The van der Waals surface area contributed by atoms with E-state index in [0.29, 0.717) is 28.2 Å². The van der Waals surface area contributed by atoms with Crippen molar-refractivity contribution in [3.63, 3.8) is 0 Å². The highest BCUT2D eigenvalue weighted by Gasteiger charge is 2.28. The summed E-state index contributed by atoms with van der Waals surface area (Å²) in [5.74, 6) is 2.03. The standard InChI is InChI=1S/C17H11ClN4O2S/c18-11-6-2-1-5-10(11)16-21-22-15(19-20-17(22)25-16)14-9-23-12-7-3-4-8-13(12)24-14/h1-8,14H,9H2/t14-/m0/s1. The van der Waals surface area contributed by atoms with Crippen molar-refractivity contribution in [2.24, 2.45) is 0 Å². The number of halogens is 1. The quantitative estimate of drug-likeness (QED) is 0.533. The van der Waals surface area contributed by atoms with E-state index in [2.05, 4.69) is 15.3 Å². The molecule has 0 amide bonds. The van der Waals surface area contributed by atoms with Crippen molar-refractivity contribution >= 4 is 27.9 Å². The monoisotopic (exact) mass is 370 g/mol. The molecule has 0 N–H and O–H groups in total. The average molecular weight is 371 g/mol. The number of fused-ring (bicyclic) bond motifs is 2. The predicted molar refractivity (Wildman–Crippen MR) is 94.4 cm³/mol. The summed E-state index contributed by atoms with van der Waals surface area (Å²) < 4.78 is 13.5. The zero-order chi connectivity index (χ0) is 16.8. The third-order valence-corrected chi connectivity index (χ3v) is 5.18. The number of hydrogen-bond acceptors (Lipinski definition) is 6. The second-order valence-corrected chi connectivity index (χ2v) is 6.87. The number of para-hydroxylation sites is 2. The molecular weight excluding hydrogens is 360 g/mol. The second kappa shape index (κ2) is 5.72. The van der Waals surface area contributed by atoms with Crippen molar-refractivity contribution in [2.45, 2.75) is 6.10 Å². The lowest BCUT2D eigenvalue weighted by molar-refractivity contribution is 0.0836. The number of hydrogen-bond donors (Lipinski definition) is 0. The maximum Gasteiger partial charge on any atom is 0.235 e. The molecule has 124 valence electrons. The number of ether oxygens (including phenoxy) is 2. The third kappa shape index (κ3) is 2.43. The number of benzene rings is 2. The fraction of sp³-hybridized carbons (Fsp3) is 0.118. The summed E-state index contributed by atoms with van der Waals surface area (Å²) in [7, 11) is 0. The molecule has 5 rings (SSSR count). The molecule has 1 aliphatic heterocycles. The Morgan fingerprint density at radius 3 is 2.72 bits per heavy atom. The van der Waals surface area contributed by atoms with Crippen LogP contribution in [0.15, 0.2) is 48.5 Å². The Labute approximate surface area is 151 Å². The first kappa shape index (κ1) is 14.7. The molecule has 3 heterocycles. The molecule has 0 spiro atoms. The van der Waals surface area contributed by atoms with Gasteiger partial charge >= 0.3 is 0 Å². The van der Waals surface area contributed by atoms with Gasteiger partial charge in [-0.2, -0.15) is 9.61 Å². The Morgan fingerprint density at radius 1 is 1.04 bits per heavy atom. The van der Waals surface area contributed by atoms with Crippen LogP contribution >= 0.6 is 22.9 Å². The fourth-order valence-corrected chi connectivity index (χ4v) is 3.89. The lowest BCUT2D eigenvalue weighted by Gasteiger charge is -2.24. The van der Waals surface area contributed by atoms with Crippen molar-refractivity contribution < 1.29 is 9.47 Å². The topological polar surface area (TPSA) is 61.5 Å². The highest BCUT2D eigenvalue weighted by Crippen LogP contribution is 2.36. The zero-order valence-corrected chi connectivity index (χ0v) is 14.4. The predicted octanol–water partition coefficient (Wildman–Crippen LogP) is 4.02. The number of aromatic nitrogens is 4. The van der Waals surface area contributed by atoms with Crippen LogP contribution in [0.25, 0.3) is 15.5 Å². The zero-order valence-electron chi connectivity index (χ0n) is 12.8. The van der Waals surface area contributed by atoms with Crippen LogP contribution in [0.5, 0.6) is 11.5 Å². The first-order valence-electron chi connectivity index (χ1n) is 7.65. The molecule has 1 atom stereocenters. The summed E-state index contributed by atoms with van der Waals surface area (Å²) in [5.41, 5.74) is 0.872. The molecule has 0 aliphatic carbocycles. The van der Waals surface area contributed by atoms with E-state index in [1.807, 2.05) is 48.5 Å². The smallest absolute Gasteiger partial charge is 0.235 e. The molecular formula is C17H11ClN4O2S.